The molecule has 2 fully saturated rings. The number of halogens is 3. The van der Waals surface area contributed by atoms with Gasteiger partial charge in [-0.05, 0) is 73.5 Å². The molecule has 1 heterocycles. The number of Topliss-reactive ketones (excluding diaryl/α,β-unsaturated/α-hetero) is 1. The van der Waals surface area contributed by atoms with Crippen LogP contribution in [-0.4, -0.2) is 60.6 Å². The highest BCUT2D eigenvalue weighted by molar-refractivity contribution is 9.12. The highest BCUT2D eigenvalue weighted by Gasteiger charge is 2.54. The summed E-state index contributed by atoms with van der Waals surface area (Å²) < 4.78 is 5.30. The van der Waals surface area contributed by atoms with E-state index >= 15 is 0 Å². The lowest BCUT2D eigenvalue weighted by molar-refractivity contribution is -0.384. The number of hydrazine groups is 1. The Morgan fingerprint density at radius 2 is 1.34 bits per heavy atom. The number of benzene rings is 3. The van der Waals surface area contributed by atoms with Gasteiger partial charge in [0.25, 0.3) is 23.4 Å². The van der Waals surface area contributed by atoms with Crippen molar-refractivity contribution in [2.75, 3.05) is 6.54 Å². The Morgan fingerprint density at radius 3 is 1.86 bits per heavy atom. The molecule has 3 amide bonds. The van der Waals surface area contributed by atoms with Gasteiger partial charge < -0.3 is 4.74 Å². The van der Waals surface area contributed by atoms with Crippen LogP contribution < -0.4 is 4.74 Å². The second kappa shape index (κ2) is 13.0. The van der Waals surface area contributed by atoms with Crippen LogP contribution in [0.3, 0.4) is 0 Å². The second-order valence-corrected chi connectivity index (χ2v) is 13.0. The zero-order valence-electron chi connectivity index (χ0n) is 22.6. The zero-order valence-corrected chi connectivity index (χ0v) is 26.5. The average Bonchev–Trinajstić information content (AvgIpc) is 3.24. The van der Waals surface area contributed by atoms with Crippen molar-refractivity contribution in [1.29, 1.82) is 0 Å². The molecule has 0 aromatic heterocycles. The van der Waals surface area contributed by atoms with Crippen LogP contribution in [0.1, 0.15) is 43.9 Å². The Labute approximate surface area is 272 Å². The maximum absolute atomic E-state index is 13.7. The highest BCUT2D eigenvalue weighted by Crippen LogP contribution is 2.43. The summed E-state index contributed by atoms with van der Waals surface area (Å²) in [6.45, 7) is -0.615. The molecule has 4 atom stereocenters. The summed E-state index contributed by atoms with van der Waals surface area (Å²) in [5.41, 5.74) is 0.170. The predicted molar refractivity (Wildman–Crippen MR) is 165 cm³/mol. The van der Waals surface area contributed by atoms with Gasteiger partial charge in [0.05, 0.1) is 22.3 Å². The second-order valence-electron chi connectivity index (χ2n) is 10.2. The van der Waals surface area contributed by atoms with Crippen LogP contribution in [-0.2, 0) is 9.59 Å². The maximum atomic E-state index is 13.7. The Hall–Kier alpha value is -3.94. The van der Waals surface area contributed by atoms with Crippen molar-refractivity contribution in [3.8, 4) is 5.75 Å². The number of non-ortho nitro benzene ring substituents is 1. The van der Waals surface area contributed by atoms with E-state index in [2.05, 4.69) is 31.9 Å². The monoisotopic (exact) mass is 745 g/mol. The maximum Gasteiger partial charge on any atom is 0.343 e. The number of alkyl halides is 2. The quantitative estimate of drug-likeness (QED) is 0.0549. The molecular formula is C30H22Br2ClN3O8. The minimum absolute atomic E-state index is 0.0458. The fourth-order valence-corrected chi connectivity index (χ4v) is 6.47. The molecule has 2 aliphatic rings. The van der Waals surface area contributed by atoms with E-state index in [1.807, 2.05) is 0 Å². The van der Waals surface area contributed by atoms with E-state index in [4.69, 9.17) is 16.3 Å². The number of rotatable bonds is 8. The summed E-state index contributed by atoms with van der Waals surface area (Å²) in [5.74, 6) is -4.34. The number of carbonyl (C=O) groups is 5. The number of imide groups is 1. The first-order chi connectivity index (χ1) is 20.9. The first-order valence-corrected chi connectivity index (χ1v) is 15.5. The van der Waals surface area contributed by atoms with Crippen molar-refractivity contribution in [2.45, 2.75) is 22.5 Å². The van der Waals surface area contributed by atoms with Crippen molar-refractivity contribution < 1.29 is 33.6 Å². The summed E-state index contributed by atoms with van der Waals surface area (Å²) in [6.07, 6.45) is 0.775. The number of ketones is 1. The molecule has 14 heteroatoms. The molecule has 11 nitrogen and oxygen atoms in total. The number of nitrogens with zero attached hydrogens (tertiary/aromatic N) is 3. The van der Waals surface area contributed by atoms with Crippen molar-refractivity contribution >= 4 is 78.6 Å². The summed E-state index contributed by atoms with van der Waals surface area (Å²) in [7, 11) is 0. The molecule has 0 bridgehead atoms. The third-order valence-corrected chi connectivity index (χ3v) is 10.4. The van der Waals surface area contributed by atoms with Gasteiger partial charge in [-0.1, -0.05) is 43.5 Å². The molecule has 1 aliphatic carbocycles. The molecule has 0 unspecified atom stereocenters. The fourth-order valence-electron chi connectivity index (χ4n) is 5.11. The molecule has 3 aromatic carbocycles. The van der Waals surface area contributed by atoms with Crippen LogP contribution in [0.5, 0.6) is 5.75 Å². The molecule has 0 radical (unpaired) electrons. The molecule has 0 N–H and O–H groups in total. The molecule has 0 spiro atoms. The van der Waals surface area contributed by atoms with E-state index in [0.29, 0.717) is 17.9 Å². The number of hydrogen-bond donors (Lipinski definition) is 0. The molecular weight excluding hydrogens is 726 g/mol. The molecule has 226 valence electrons. The number of hydrogen-bond acceptors (Lipinski definition) is 8. The first-order valence-electron chi connectivity index (χ1n) is 13.3. The molecule has 1 saturated carbocycles. The third-order valence-electron chi connectivity index (χ3n) is 7.45. The predicted octanol–water partition coefficient (Wildman–Crippen LogP) is 5.63. The lowest BCUT2D eigenvalue weighted by Crippen LogP contribution is -2.52. The van der Waals surface area contributed by atoms with E-state index in [9.17, 15) is 34.1 Å². The third kappa shape index (κ3) is 6.44. The number of nitro groups is 1. The first kappa shape index (κ1) is 31.5. The zero-order chi connectivity index (χ0) is 31.7. The summed E-state index contributed by atoms with van der Waals surface area (Å²) in [6, 6.07) is 16.2. The van der Waals surface area contributed by atoms with E-state index in [-0.39, 0.29) is 37.8 Å². The topological polar surface area (TPSA) is 144 Å². The lowest BCUT2D eigenvalue weighted by atomic mass is 9.81. The SMILES string of the molecule is O=C(CN(C(=O)c1ccc(Cl)cc1)N1C(=O)[C@@H]2C[C@@H](Br)[C@@H](Br)C[C@H]2C1=O)c1ccc(OC(=O)c2ccc([N+](=O)[O-])cc2)cc1. The molecule has 1 aliphatic heterocycles. The van der Waals surface area contributed by atoms with Crippen LogP contribution in [0.15, 0.2) is 72.8 Å². The van der Waals surface area contributed by atoms with Crippen molar-refractivity contribution in [1.82, 2.24) is 10.0 Å². The van der Waals surface area contributed by atoms with Crippen molar-refractivity contribution in [2.24, 2.45) is 11.8 Å². The van der Waals surface area contributed by atoms with Gasteiger partial charge in [-0.2, -0.15) is 5.01 Å². The van der Waals surface area contributed by atoms with E-state index in [1.54, 1.807) is 0 Å². The van der Waals surface area contributed by atoms with E-state index in [0.717, 1.165) is 10.0 Å². The van der Waals surface area contributed by atoms with Gasteiger partial charge in [-0.25, -0.2) is 9.80 Å². The number of nitro benzene ring substituents is 1. The van der Waals surface area contributed by atoms with Crippen LogP contribution in [0.2, 0.25) is 5.02 Å². The lowest BCUT2D eigenvalue weighted by Gasteiger charge is -2.30. The Morgan fingerprint density at radius 1 is 0.841 bits per heavy atom. The fraction of sp³-hybridized carbons (Fsp3) is 0.233. The van der Waals surface area contributed by atoms with Crippen LogP contribution >= 0.6 is 43.5 Å². The number of amides is 3. The minimum Gasteiger partial charge on any atom is -0.423 e. The van der Waals surface area contributed by atoms with Gasteiger partial charge in [-0.15, -0.1) is 0 Å². The summed E-state index contributed by atoms with van der Waals surface area (Å²) in [4.78, 5) is 76.8. The Balaban J connectivity index is 1.35. The Kier molecular flexibility index (Phi) is 9.28. The molecule has 5 rings (SSSR count). The van der Waals surface area contributed by atoms with Gasteiger partial charge in [0.2, 0.25) is 0 Å². The normalized spacial score (nSPS) is 21.0. The highest BCUT2D eigenvalue weighted by atomic mass is 79.9. The molecule has 44 heavy (non-hydrogen) atoms. The number of fused-ring (bicyclic) bond motifs is 1. The van der Waals surface area contributed by atoms with Crippen LogP contribution in [0.25, 0.3) is 0 Å². The van der Waals surface area contributed by atoms with Gasteiger partial charge in [0, 0.05) is 37.9 Å². The summed E-state index contributed by atoms with van der Waals surface area (Å²) in [5, 5.41) is 12.9. The van der Waals surface area contributed by atoms with E-state index < -0.39 is 52.8 Å². The van der Waals surface area contributed by atoms with Crippen molar-refractivity contribution in [3.63, 3.8) is 0 Å². The number of esters is 1. The van der Waals surface area contributed by atoms with Crippen LogP contribution in [0.4, 0.5) is 5.69 Å². The standard InChI is InChI=1S/C30H22Br2ClN3O8/c31-24-13-22-23(14-25(24)32)29(40)35(28(22)39)34(27(38)17-1-7-19(33)8-2-17)15-26(37)16-5-11-21(12-6-16)44-30(41)18-3-9-20(10-4-18)36(42)43/h1-12,22-25H,13-15H2/t22-,23-,24-,25+/m1/s1. The summed E-state index contributed by atoms with van der Waals surface area (Å²) >= 11 is 13.1. The smallest absolute Gasteiger partial charge is 0.343 e. The van der Waals surface area contributed by atoms with Gasteiger partial charge in [0.15, 0.2) is 5.78 Å². The van der Waals surface area contributed by atoms with Crippen molar-refractivity contribution in [3.05, 3.63) is 105 Å². The number of ether oxygens (including phenoxy) is 1. The molecule has 1 saturated heterocycles. The van der Waals surface area contributed by atoms with E-state index in [1.165, 1.54) is 72.8 Å². The van der Waals surface area contributed by atoms with Gasteiger partial charge in [-0.3, -0.25) is 29.3 Å². The average molecular weight is 748 g/mol. The largest absolute Gasteiger partial charge is 0.423 e. The molecule has 3 aromatic rings. The van der Waals surface area contributed by atoms with Crippen LogP contribution in [0, 0.1) is 22.0 Å². The number of carbonyl (C=O) groups excluding carboxylic acids is 5. The minimum atomic E-state index is -0.761. The van der Waals surface area contributed by atoms with Gasteiger partial charge in [0.1, 0.15) is 12.3 Å². The van der Waals surface area contributed by atoms with Gasteiger partial charge >= 0.3 is 5.97 Å². The Bertz CT molecular complexity index is 1620.